The number of halogens is 1. The third-order valence-electron chi connectivity index (χ3n) is 2.46. The van der Waals surface area contributed by atoms with E-state index in [1.807, 2.05) is 0 Å². The predicted octanol–water partition coefficient (Wildman–Crippen LogP) is 1.47. The fourth-order valence-electron chi connectivity index (χ4n) is 1.40. The lowest BCUT2D eigenvalue weighted by Gasteiger charge is -2.16. The van der Waals surface area contributed by atoms with E-state index >= 15 is 0 Å². The first-order valence-electron chi connectivity index (χ1n) is 5.91. The van der Waals surface area contributed by atoms with Gasteiger partial charge < -0.3 is 19.9 Å². The van der Waals surface area contributed by atoms with Crippen molar-refractivity contribution in [1.82, 2.24) is 5.32 Å². The maximum Gasteiger partial charge on any atom is 0.260 e. The molecule has 1 unspecified atom stereocenters. The second-order valence-corrected chi connectivity index (χ2v) is 4.82. The van der Waals surface area contributed by atoms with E-state index < -0.39 is 6.10 Å². The van der Waals surface area contributed by atoms with Gasteiger partial charge in [-0.05, 0) is 40.5 Å². The summed E-state index contributed by atoms with van der Waals surface area (Å²) in [6.45, 7) is 2.56. The zero-order valence-corrected chi connectivity index (χ0v) is 12.6. The van der Waals surface area contributed by atoms with Gasteiger partial charge in [-0.25, -0.2) is 0 Å². The van der Waals surface area contributed by atoms with Gasteiger partial charge in [0.15, 0.2) is 6.10 Å². The molecule has 0 saturated heterocycles. The van der Waals surface area contributed by atoms with Gasteiger partial charge in [0.1, 0.15) is 5.75 Å². The molecule has 0 bridgehead atoms. The average molecular weight is 332 g/mol. The van der Waals surface area contributed by atoms with Gasteiger partial charge in [0, 0.05) is 13.7 Å². The van der Waals surface area contributed by atoms with Gasteiger partial charge in [-0.2, -0.15) is 0 Å². The van der Waals surface area contributed by atoms with Crippen LogP contribution in [0.1, 0.15) is 12.5 Å². The van der Waals surface area contributed by atoms with Crippen molar-refractivity contribution in [2.75, 3.05) is 20.3 Å². The number of hydrogen-bond acceptors (Lipinski definition) is 4. The topological polar surface area (TPSA) is 67.8 Å². The molecule has 1 aromatic rings. The molecule has 19 heavy (non-hydrogen) atoms. The number of carbonyl (C=O) groups is 1. The molecule has 1 atom stereocenters. The van der Waals surface area contributed by atoms with Gasteiger partial charge in [-0.1, -0.05) is 6.07 Å². The van der Waals surface area contributed by atoms with Crippen LogP contribution in [0.3, 0.4) is 0 Å². The lowest BCUT2D eigenvalue weighted by Crippen LogP contribution is -2.38. The molecule has 0 spiro atoms. The number of aliphatic hydroxyl groups is 1. The van der Waals surface area contributed by atoms with Crippen LogP contribution in [0.4, 0.5) is 0 Å². The molecule has 0 saturated carbocycles. The number of nitrogens with one attached hydrogen (secondary N) is 1. The molecule has 1 aromatic carbocycles. The predicted molar refractivity (Wildman–Crippen MR) is 75.0 cm³/mol. The summed E-state index contributed by atoms with van der Waals surface area (Å²) in [7, 11) is 1.58. The summed E-state index contributed by atoms with van der Waals surface area (Å²) < 4.78 is 11.1. The Morgan fingerprint density at radius 1 is 1.53 bits per heavy atom. The maximum absolute atomic E-state index is 11.7. The number of aliphatic hydroxyl groups excluding tert-OH is 1. The van der Waals surface area contributed by atoms with Crippen molar-refractivity contribution in [3.63, 3.8) is 0 Å². The first-order chi connectivity index (χ1) is 9.08. The van der Waals surface area contributed by atoms with Crippen molar-refractivity contribution < 1.29 is 19.4 Å². The van der Waals surface area contributed by atoms with Crippen LogP contribution >= 0.6 is 15.9 Å². The fourth-order valence-corrected chi connectivity index (χ4v) is 1.92. The largest absolute Gasteiger partial charge is 0.480 e. The molecule has 1 rings (SSSR count). The van der Waals surface area contributed by atoms with Crippen LogP contribution in [0.25, 0.3) is 0 Å². The quantitative estimate of drug-likeness (QED) is 0.742. The first kappa shape index (κ1) is 15.9. The Kier molecular flexibility index (Phi) is 6.83. The number of methoxy groups -OCH3 is 1. The van der Waals surface area contributed by atoms with Crippen LogP contribution in [0.5, 0.6) is 5.75 Å². The number of rotatable bonds is 7. The molecular formula is C13H18BrNO4. The number of amides is 1. The highest BCUT2D eigenvalue weighted by molar-refractivity contribution is 9.10. The summed E-state index contributed by atoms with van der Waals surface area (Å²) in [6, 6.07) is 5.22. The third kappa shape index (κ3) is 5.18. The van der Waals surface area contributed by atoms with Crippen molar-refractivity contribution >= 4 is 21.8 Å². The highest BCUT2D eigenvalue weighted by Gasteiger charge is 2.15. The molecular weight excluding hydrogens is 314 g/mol. The van der Waals surface area contributed by atoms with Gasteiger partial charge >= 0.3 is 0 Å². The monoisotopic (exact) mass is 331 g/mol. The summed E-state index contributed by atoms with van der Waals surface area (Å²) in [6.07, 6.45) is -0.604. The summed E-state index contributed by atoms with van der Waals surface area (Å²) in [4.78, 5) is 11.7. The van der Waals surface area contributed by atoms with Gasteiger partial charge in [0.2, 0.25) is 0 Å². The number of carbonyl (C=O) groups excluding carboxylic acids is 1. The van der Waals surface area contributed by atoms with E-state index in [9.17, 15) is 4.79 Å². The van der Waals surface area contributed by atoms with E-state index in [4.69, 9.17) is 14.6 Å². The van der Waals surface area contributed by atoms with Crippen molar-refractivity contribution in [2.45, 2.75) is 19.6 Å². The van der Waals surface area contributed by atoms with Gasteiger partial charge in [0.25, 0.3) is 5.91 Å². The molecule has 5 nitrogen and oxygen atoms in total. The highest BCUT2D eigenvalue weighted by Crippen LogP contribution is 2.26. The summed E-state index contributed by atoms with van der Waals surface area (Å²) in [5.41, 5.74) is 0.774. The third-order valence-corrected chi connectivity index (χ3v) is 3.08. The molecule has 6 heteroatoms. The Labute approximate surface area is 121 Å². The van der Waals surface area contributed by atoms with E-state index in [1.165, 1.54) is 0 Å². The lowest BCUT2D eigenvalue weighted by molar-refractivity contribution is -0.127. The molecule has 0 aromatic heterocycles. The molecule has 0 fully saturated rings. The van der Waals surface area contributed by atoms with Crippen LogP contribution in [0, 0.1) is 0 Å². The average Bonchev–Trinajstić information content (AvgIpc) is 2.41. The number of hydrogen-bond donors (Lipinski definition) is 2. The fraction of sp³-hybridized carbons (Fsp3) is 0.462. The second-order valence-electron chi connectivity index (χ2n) is 3.97. The van der Waals surface area contributed by atoms with Gasteiger partial charge in [-0.3, -0.25) is 4.79 Å². The molecule has 1 amide bonds. The van der Waals surface area contributed by atoms with Crippen LogP contribution in [-0.2, 0) is 16.1 Å². The van der Waals surface area contributed by atoms with E-state index in [2.05, 4.69) is 21.2 Å². The van der Waals surface area contributed by atoms with Crippen LogP contribution in [0.2, 0.25) is 0 Å². The second kappa shape index (κ2) is 8.14. The molecule has 0 heterocycles. The van der Waals surface area contributed by atoms with Gasteiger partial charge in [0.05, 0.1) is 17.7 Å². The molecule has 106 valence electrons. The Morgan fingerprint density at radius 3 is 2.84 bits per heavy atom. The summed E-state index contributed by atoms with van der Waals surface area (Å²) >= 11 is 3.34. The minimum atomic E-state index is -0.604. The number of ether oxygens (including phenoxy) is 2. The first-order valence-corrected chi connectivity index (χ1v) is 6.70. The van der Waals surface area contributed by atoms with E-state index in [-0.39, 0.29) is 12.5 Å². The molecule has 0 aliphatic rings. The standard InChI is InChI=1S/C13H18BrNO4/c1-9(13(17)15-5-6-18-2)19-12-4-3-10(8-16)7-11(12)14/h3-4,7,9,16H,5-6,8H2,1-2H3,(H,15,17). The smallest absolute Gasteiger partial charge is 0.260 e. The summed E-state index contributed by atoms with van der Waals surface area (Å²) in [5, 5.41) is 11.7. The normalized spacial score (nSPS) is 12.0. The van der Waals surface area contributed by atoms with E-state index in [0.29, 0.717) is 23.4 Å². The zero-order valence-electron chi connectivity index (χ0n) is 11.0. The Balaban J connectivity index is 2.56. The molecule has 0 aliphatic heterocycles. The van der Waals surface area contributed by atoms with Crippen molar-refractivity contribution in [2.24, 2.45) is 0 Å². The molecule has 0 radical (unpaired) electrons. The molecule has 0 aliphatic carbocycles. The summed E-state index contributed by atoms with van der Waals surface area (Å²) in [5.74, 6) is 0.363. The van der Waals surface area contributed by atoms with E-state index in [1.54, 1.807) is 32.2 Å². The van der Waals surface area contributed by atoms with E-state index in [0.717, 1.165) is 5.56 Å². The van der Waals surface area contributed by atoms with Crippen molar-refractivity contribution in [3.05, 3.63) is 28.2 Å². The van der Waals surface area contributed by atoms with Crippen molar-refractivity contribution in [3.8, 4) is 5.75 Å². The maximum atomic E-state index is 11.7. The zero-order chi connectivity index (χ0) is 14.3. The Morgan fingerprint density at radius 2 is 2.26 bits per heavy atom. The Hall–Kier alpha value is -1.11. The minimum Gasteiger partial charge on any atom is -0.480 e. The van der Waals surface area contributed by atoms with Gasteiger partial charge in [-0.15, -0.1) is 0 Å². The SMILES string of the molecule is COCCNC(=O)C(C)Oc1ccc(CO)cc1Br. The molecule has 2 N–H and O–H groups in total. The Bertz CT molecular complexity index is 425. The minimum absolute atomic E-state index is 0.0358. The highest BCUT2D eigenvalue weighted by atomic mass is 79.9. The van der Waals surface area contributed by atoms with Crippen LogP contribution < -0.4 is 10.1 Å². The van der Waals surface area contributed by atoms with Crippen molar-refractivity contribution in [1.29, 1.82) is 0 Å². The lowest BCUT2D eigenvalue weighted by atomic mass is 10.2. The number of benzene rings is 1. The van der Waals surface area contributed by atoms with Crippen LogP contribution in [-0.4, -0.2) is 37.4 Å². The van der Waals surface area contributed by atoms with Crippen LogP contribution in [0.15, 0.2) is 22.7 Å².